The van der Waals surface area contributed by atoms with Crippen molar-refractivity contribution in [2.45, 2.75) is 19.8 Å². The molecule has 0 atom stereocenters. The van der Waals surface area contributed by atoms with E-state index in [2.05, 4.69) is 49.4 Å². The van der Waals surface area contributed by atoms with Crippen molar-refractivity contribution in [2.75, 3.05) is 37.8 Å². The molecule has 0 aliphatic carbocycles. The van der Waals surface area contributed by atoms with Crippen LogP contribution in [0.15, 0.2) is 75.1 Å². The van der Waals surface area contributed by atoms with Gasteiger partial charge in [0.1, 0.15) is 9.71 Å². The van der Waals surface area contributed by atoms with Crippen LogP contribution in [0, 0.1) is 0 Å². The van der Waals surface area contributed by atoms with Crippen molar-refractivity contribution in [3.63, 3.8) is 0 Å². The van der Waals surface area contributed by atoms with E-state index in [1.807, 2.05) is 36.4 Å². The minimum atomic E-state index is -0.297. The van der Waals surface area contributed by atoms with Gasteiger partial charge >= 0.3 is 5.97 Å². The maximum absolute atomic E-state index is 12.1. The number of thiophene rings is 1. The maximum Gasteiger partial charge on any atom is 0.348 e. The Hall–Kier alpha value is -3.54. The molecule has 1 aliphatic rings. The molecule has 1 saturated heterocycles. The van der Waals surface area contributed by atoms with E-state index < -0.39 is 0 Å². The van der Waals surface area contributed by atoms with Crippen LogP contribution in [0.2, 0.25) is 0 Å². The number of esters is 1. The number of carbonyl (C=O) groups is 1. The first kappa shape index (κ1) is 25.1. The molecule has 3 heterocycles. The fraction of sp³-hybridized carbons (Fsp3) is 0.308. The number of aromatic nitrogens is 1. The van der Waals surface area contributed by atoms with Crippen molar-refractivity contribution in [1.82, 2.24) is 4.98 Å². The number of ether oxygens (including phenoxy) is 2. The van der Waals surface area contributed by atoms with Gasteiger partial charge in [0, 0.05) is 18.8 Å². The van der Waals surface area contributed by atoms with Crippen LogP contribution in [-0.2, 0) is 9.47 Å². The molecule has 0 amide bonds. The number of fused-ring (bicyclic) bond motifs is 1. The summed E-state index contributed by atoms with van der Waals surface area (Å²) in [6.07, 6.45) is 1.85. The van der Waals surface area contributed by atoms with E-state index in [1.165, 1.54) is 28.4 Å². The number of rotatable bonds is 9. The predicted molar refractivity (Wildman–Crippen MR) is 147 cm³/mol. The Kier molecular flexibility index (Phi) is 8.24. The summed E-state index contributed by atoms with van der Waals surface area (Å²) in [5.41, 5.74) is 3.38. The average Bonchev–Trinajstić information content (AvgIpc) is 3.52. The molecule has 2 aromatic heterocycles. The number of thiazole rings is 1. The average molecular weight is 535 g/mol. The first-order chi connectivity index (χ1) is 18.2. The van der Waals surface area contributed by atoms with Crippen LogP contribution in [0.4, 0.5) is 27.9 Å². The summed E-state index contributed by atoms with van der Waals surface area (Å²) < 4.78 is 11.6. The summed E-state index contributed by atoms with van der Waals surface area (Å²) in [6.45, 7) is 5.83. The van der Waals surface area contributed by atoms with Crippen LogP contribution in [0.3, 0.4) is 0 Å². The second-order valence-electron chi connectivity index (χ2n) is 8.30. The number of hydrogen-bond donors (Lipinski definition) is 0. The summed E-state index contributed by atoms with van der Waals surface area (Å²) >= 11 is 2.70. The molecule has 0 saturated carbocycles. The van der Waals surface area contributed by atoms with Gasteiger partial charge in [-0.3, -0.25) is 0 Å². The molecular formula is C26H26N6O3S2. The molecular weight excluding hydrogens is 508 g/mol. The van der Waals surface area contributed by atoms with Gasteiger partial charge in [0.2, 0.25) is 5.13 Å². The summed E-state index contributed by atoms with van der Waals surface area (Å²) in [6, 6.07) is 17.2. The molecule has 1 aliphatic heterocycles. The van der Waals surface area contributed by atoms with Crippen LogP contribution in [0.1, 0.15) is 29.4 Å². The molecule has 190 valence electrons. The van der Waals surface area contributed by atoms with E-state index in [0.29, 0.717) is 22.3 Å². The summed E-state index contributed by atoms with van der Waals surface area (Å²) in [4.78, 5) is 20.2. The van der Waals surface area contributed by atoms with Gasteiger partial charge in [-0.25, -0.2) is 9.78 Å². The minimum Gasteiger partial charge on any atom is -0.462 e. The SMILES string of the molecule is CCCCOC(=O)c1cc2sc(N=Nc3ccc(N=Nc4ccc(N5CCOCC5)cc4)cc3)nc2s1. The van der Waals surface area contributed by atoms with E-state index >= 15 is 0 Å². The number of carbonyl (C=O) groups excluding carboxylic acids is 1. The largest absolute Gasteiger partial charge is 0.462 e. The van der Waals surface area contributed by atoms with Crippen LogP contribution < -0.4 is 4.90 Å². The second kappa shape index (κ2) is 12.1. The molecule has 5 rings (SSSR count). The summed E-state index contributed by atoms with van der Waals surface area (Å²) in [7, 11) is 0. The van der Waals surface area contributed by atoms with Gasteiger partial charge in [-0.2, -0.15) is 10.2 Å². The number of benzene rings is 2. The third-order valence-electron chi connectivity index (χ3n) is 5.62. The topological polar surface area (TPSA) is 101 Å². The smallest absolute Gasteiger partial charge is 0.348 e. The Labute approximate surface area is 222 Å². The number of anilines is 1. The Morgan fingerprint density at radius 1 is 0.946 bits per heavy atom. The number of azo groups is 2. The summed E-state index contributed by atoms with van der Waals surface area (Å²) in [5.74, 6) is -0.297. The van der Waals surface area contributed by atoms with Crippen molar-refractivity contribution in [3.8, 4) is 0 Å². The van der Waals surface area contributed by atoms with Gasteiger partial charge in [-0.15, -0.1) is 21.6 Å². The normalized spacial score (nSPS) is 14.2. The molecule has 11 heteroatoms. The van der Waals surface area contributed by atoms with E-state index in [-0.39, 0.29) is 5.97 Å². The van der Waals surface area contributed by atoms with Crippen molar-refractivity contribution >= 4 is 66.1 Å². The highest BCUT2D eigenvalue weighted by atomic mass is 32.1. The number of hydrogen-bond acceptors (Lipinski definition) is 11. The second-order valence-corrected chi connectivity index (χ2v) is 10.3. The molecule has 9 nitrogen and oxygen atoms in total. The lowest BCUT2D eigenvalue weighted by molar-refractivity contribution is 0.0505. The highest BCUT2D eigenvalue weighted by Gasteiger charge is 2.15. The molecule has 2 aromatic carbocycles. The van der Waals surface area contributed by atoms with Gasteiger partial charge in [0.05, 0.1) is 41.6 Å². The monoisotopic (exact) mass is 534 g/mol. The first-order valence-electron chi connectivity index (χ1n) is 12.1. The van der Waals surface area contributed by atoms with Crippen LogP contribution >= 0.6 is 22.7 Å². The van der Waals surface area contributed by atoms with Gasteiger partial charge in [-0.05, 0) is 61.0 Å². The van der Waals surface area contributed by atoms with E-state index in [9.17, 15) is 4.79 Å². The molecule has 0 N–H and O–H groups in total. The Bertz CT molecular complexity index is 1360. The van der Waals surface area contributed by atoms with E-state index in [0.717, 1.165) is 60.1 Å². The van der Waals surface area contributed by atoms with Crippen molar-refractivity contribution in [1.29, 1.82) is 0 Å². The van der Waals surface area contributed by atoms with Crippen LogP contribution in [-0.4, -0.2) is 43.9 Å². The van der Waals surface area contributed by atoms with E-state index in [1.54, 1.807) is 6.07 Å². The van der Waals surface area contributed by atoms with Crippen LogP contribution in [0.25, 0.3) is 9.53 Å². The fourth-order valence-electron chi connectivity index (χ4n) is 3.60. The zero-order valence-electron chi connectivity index (χ0n) is 20.4. The highest BCUT2D eigenvalue weighted by Crippen LogP contribution is 2.35. The maximum atomic E-state index is 12.1. The molecule has 0 radical (unpaired) electrons. The standard InChI is InChI=1S/C26H26N6O3S2/c1-2-3-14-35-25(33)23-17-22-24(36-23)27-26(37-22)31-30-19-6-4-18(5-7-19)28-29-20-8-10-21(11-9-20)32-12-15-34-16-13-32/h4-11,17H,2-3,12-16H2,1H3. The van der Waals surface area contributed by atoms with Crippen molar-refractivity contribution in [3.05, 3.63) is 59.5 Å². The lowest BCUT2D eigenvalue weighted by atomic mass is 10.2. The zero-order chi connectivity index (χ0) is 25.5. The van der Waals surface area contributed by atoms with E-state index in [4.69, 9.17) is 9.47 Å². The quantitative estimate of drug-likeness (QED) is 0.123. The highest BCUT2D eigenvalue weighted by molar-refractivity contribution is 7.29. The lowest BCUT2D eigenvalue weighted by Gasteiger charge is -2.28. The Morgan fingerprint density at radius 3 is 2.19 bits per heavy atom. The third kappa shape index (κ3) is 6.62. The molecule has 4 aromatic rings. The van der Waals surface area contributed by atoms with Crippen molar-refractivity contribution in [2.24, 2.45) is 20.5 Å². The number of nitrogens with zero attached hydrogens (tertiary/aromatic N) is 6. The molecule has 0 spiro atoms. The minimum absolute atomic E-state index is 0.297. The van der Waals surface area contributed by atoms with Gasteiger partial charge < -0.3 is 14.4 Å². The Balaban J connectivity index is 1.16. The van der Waals surface area contributed by atoms with Crippen LogP contribution in [0.5, 0.6) is 0 Å². The van der Waals surface area contributed by atoms with Gasteiger partial charge in [-0.1, -0.05) is 24.7 Å². The Morgan fingerprint density at radius 2 is 1.57 bits per heavy atom. The predicted octanol–water partition coefficient (Wildman–Crippen LogP) is 7.98. The van der Waals surface area contributed by atoms with Gasteiger partial charge in [0.25, 0.3) is 0 Å². The molecule has 37 heavy (non-hydrogen) atoms. The molecule has 1 fully saturated rings. The summed E-state index contributed by atoms with van der Waals surface area (Å²) in [5, 5.41) is 17.7. The van der Waals surface area contributed by atoms with Crippen molar-refractivity contribution < 1.29 is 14.3 Å². The van der Waals surface area contributed by atoms with Gasteiger partial charge in [0.15, 0.2) is 0 Å². The third-order valence-corrected chi connectivity index (χ3v) is 7.64. The molecule has 0 unspecified atom stereocenters. The zero-order valence-corrected chi connectivity index (χ0v) is 22.0. The molecule has 0 bridgehead atoms. The lowest BCUT2D eigenvalue weighted by Crippen LogP contribution is -2.36. The first-order valence-corrected chi connectivity index (χ1v) is 13.7. The number of morpholine rings is 1. The fourth-order valence-corrected chi connectivity index (χ4v) is 5.53. The number of unbranched alkanes of at least 4 members (excludes halogenated alkanes) is 1.